The Labute approximate surface area is 200 Å². The Hall–Kier alpha value is -2.80. The molecule has 1 aromatic heterocycles. The molecule has 0 amide bonds. The SMILES string of the molecule is CCOc1ccnc(C(=O)C[C@@H](C)C(=O)O[C@@H](C)[C@@H](CC(C)C)Oc2cccc(Cl)c2)c1O. The Kier molecular flexibility index (Phi) is 9.97. The fourth-order valence-corrected chi connectivity index (χ4v) is 3.44. The van der Waals surface area contributed by atoms with Crippen molar-refractivity contribution in [2.24, 2.45) is 11.8 Å². The van der Waals surface area contributed by atoms with Crippen LogP contribution in [0.3, 0.4) is 0 Å². The second kappa shape index (κ2) is 12.4. The first-order valence-corrected chi connectivity index (χ1v) is 11.5. The van der Waals surface area contributed by atoms with Gasteiger partial charge in [-0.2, -0.15) is 0 Å². The van der Waals surface area contributed by atoms with Crippen LogP contribution in [0.1, 0.15) is 57.9 Å². The summed E-state index contributed by atoms with van der Waals surface area (Å²) in [6.45, 7) is 9.58. The molecule has 0 unspecified atom stereocenters. The van der Waals surface area contributed by atoms with Crippen molar-refractivity contribution in [1.82, 2.24) is 4.98 Å². The van der Waals surface area contributed by atoms with Gasteiger partial charge < -0.3 is 19.3 Å². The molecule has 0 saturated heterocycles. The maximum atomic E-state index is 12.7. The van der Waals surface area contributed by atoms with Crippen LogP contribution in [0, 0.1) is 11.8 Å². The normalized spacial score (nSPS) is 13.8. The number of aromatic nitrogens is 1. The minimum atomic E-state index is -0.734. The second-order valence-electron chi connectivity index (χ2n) is 8.35. The van der Waals surface area contributed by atoms with Crippen LogP contribution in [-0.4, -0.2) is 40.7 Å². The summed E-state index contributed by atoms with van der Waals surface area (Å²) in [6, 6.07) is 8.53. The zero-order chi connectivity index (χ0) is 24.5. The third-order valence-electron chi connectivity index (χ3n) is 4.96. The van der Waals surface area contributed by atoms with Gasteiger partial charge in [0.15, 0.2) is 23.0 Å². The van der Waals surface area contributed by atoms with E-state index >= 15 is 0 Å². The lowest BCUT2D eigenvalue weighted by atomic mass is 10.0. The van der Waals surface area contributed by atoms with Crippen molar-refractivity contribution in [2.75, 3.05) is 6.61 Å². The standard InChI is InChI=1S/C25H32ClNO6/c1-6-31-21-10-11-27-23(24(21)29)20(28)13-16(4)25(30)32-17(5)22(12-15(2)3)33-19-9-7-8-18(26)14-19/h7-11,14-17,22,29H,6,12-13H2,1-5H3/t16-,17+,22-/m1/s1. The molecule has 8 heteroatoms. The summed E-state index contributed by atoms with van der Waals surface area (Å²) >= 11 is 6.05. The lowest BCUT2D eigenvalue weighted by Crippen LogP contribution is -2.36. The van der Waals surface area contributed by atoms with Crippen LogP contribution in [0.15, 0.2) is 36.5 Å². The lowest BCUT2D eigenvalue weighted by molar-refractivity contribution is -0.157. The van der Waals surface area contributed by atoms with E-state index in [1.165, 1.54) is 12.3 Å². The van der Waals surface area contributed by atoms with Crippen molar-refractivity contribution in [3.63, 3.8) is 0 Å². The first-order chi connectivity index (χ1) is 15.6. The lowest BCUT2D eigenvalue weighted by Gasteiger charge is -2.27. The van der Waals surface area contributed by atoms with Gasteiger partial charge in [-0.15, -0.1) is 0 Å². The average molecular weight is 478 g/mol. The number of ketones is 1. The molecule has 2 rings (SSSR count). The zero-order valence-corrected chi connectivity index (χ0v) is 20.5. The number of rotatable bonds is 12. The minimum Gasteiger partial charge on any atom is -0.503 e. The molecule has 0 aliphatic heterocycles. The molecular weight excluding hydrogens is 446 g/mol. The summed E-state index contributed by atoms with van der Waals surface area (Å²) in [5, 5.41) is 10.8. The zero-order valence-electron chi connectivity index (χ0n) is 19.7. The number of Topliss-reactive ketones (excluding diaryl/α,β-unsaturated/α-hetero) is 1. The molecule has 0 aliphatic carbocycles. The van der Waals surface area contributed by atoms with Gasteiger partial charge in [-0.05, 0) is 44.4 Å². The van der Waals surface area contributed by atoms with Crippen LogP contribution < -0.4 is 9.47 Å². The first-order valence-electron chi connectivity index (χ1n) is 11.1. The van der Waals surface area contributed by atoms with E-state index in [0.29, 0.717) is 29.7 Å². The number of halogens is 1. The molecule has 0 aliphatic rings. The van der Waals surface area contributed by atoms with Crippen LogP contribution in [0.2, 0.25) is 5.02 Å². The van der Waals surface area contributed by atoms with Crippen LogP contribution in [0.5, 0.6) is 17.2 Å². The summed E-state index contributed by atoms with van der Waals surface area (Å²) in [7, 11) is 0. The second-order valence-corrected chi connectivity index (χ2v) is 8.79. The summed E-state index contributed by atoms with van der Waals surface area (Å²) in [6.07, 6.45) is 0.947. The van der Waals surface area contributed by atoms with Crippen LogP contribution in [0.4, 0.5) is 0 Å². The fraction of sp³-hybridized carbons (Fsp3) is 0.480. The number of nitrogens with zero attached hydrogens (tertiary/aromatic N) is 1. The molecule has 0 fully saturated rings. The van der Waals surface area contributed by atoms with E-state index in [4.69, 9.17) is 25.8 Å². The van der Waals surface area contributed by atoms with Crippen molar-refractivity contribution in [3.05, 3.63) is 47.2 Å². The molecule has 1 aromatic carbocycles. The summed E-state index contributed by atoms with van der Waals surface area (Å²) in [5.41, 5.74) is -0.129. The van der Waals surface area contributed by atoms with Gasteiger partial charge in [0.05, 0.1) is 12.5 Å². The van der Waals surface area contributed by atoms with E-state index < -0.39 is 23.8 Å². The van der Waals surface area contributed by atoms with Gasteiger partial charge in [0.1, 0.15) is 18.0 Å². The quantitative estimate of drug-likeness (QED) is 0.319. The third kappa shape index (κ3) is 7.93. The molecular formula is C25H32ClNO6. The predicted molar refractivity (Wildman–Crippen MR) is 126 cm³/mol. The van der Waals surface area contributed by atoms with Gasteiger partial charge in [-0.1, -0.05) is 38.4 Å². The van der Waals surface area contributed by atoms with E-state index in [9.17, 15) is 14.7 Å². The van der Waals surface area contributed by atoms with Crippen molar-refractivity contribution < 1.29 is 28.9 Å². The summed E-state index contributed by atoms with van der Waals surface area (Å²) in [4.78, 5) is 29.3. The number of pyridine rings is 1. The monoisotopic (exact) mass is 477 g/mol. The van der Waals surface area contributed by atoms with E-state index in [-0.39, 0.29) is 29.7 Å². The fourth-order valence-electron chi connectivity index (χ4n) is 3.26. The molecule has 0 radical (unpaired) electrons. The number of carbonyl (C=O) groups is 2. The van der Waals surface area contributed by atoms with Gasteiger partial charge in [-0.3, -0.25) is 9.59 Å². The number of hydrogen-bond donors (Lipinski definition) is 1. The van der Waals surface area contributed by atoms with E-state index in [1.807, 2.05) is 0 Å². The van der Waals surface area contributed by atoms with Crippen LogP contribution in [-0.2, 0) is 9.53 Å². The number of ether oxygens (including phenoxy) is 3. The van der Waals surface area contributed by atoms with Gasteiger partial charge in [0, 0.05) is 23.7 Å². The van der Waals surface area contributed by atoms with Crippen LogP contribution in [0.25, 0.3) is 0 Å². The highest BCUT2D eigenvalue weighted by atomic mass is 35.5. The molecule has 0 spiro atoms. The number of hydrogen-bond acceptors (Lipinski definition) is 7. The van der Waals surface area contributed by atoms with Gasteiger partial charge >= 0.3 is 5.97 Å². The molecule has 1 heterocycles. The number of benzene rings is 1. The summed E-state index contributed by atoms with van der Waals surface area (Å²) < 4.78 is 17.0. The molecule has 1 N–H and O–H groups in total. The van der Waals surface area contributed by atoms with Crippen molar-refractivity contribution in [1.29, 1.82) is 0 Å². The molecule has 2 aromatic rings. The van der Waals surface area contributed by atoms with Crippen molar-refractivity contribution in [2.45, 2.75) is 59.7 Å². The highest BCUT2D eigenvalue weighted by Gasteiger charge is 2.28. The van der Waals surface area contributed by atoms with Gasteiger partial charge in [0.2, 0.25) is 0 Å². The smallest absolute Gasteiger partial charge is 0.309 e. The molecule has 0 saturated carbocycles. The topological polar surface area (TPSA) is 95.0 Å². The largest absolute Gasteiger partial charge is 0.503 e. The van der Waals surface area contributed by atoms with E-state index in [1.54, 1.807) is 45.0 Å². The Morgan fingerprint density at radius 3 is 2.52 bits per heavy atom. The maximum Gasteiger partial charge on any atom is 0.309 e. The first kappa shape index (κ1) is 26.5. The predicted octanol–water partition coefficient (Wildman–Crippen LogP) is 5.47. The van der Waals surface area contributed by atoms with Gasteiger partial charge in [0.25, 0.3) is 0 Å². The molecule has 33 heavy (non-hydrogen) atoms. The van der Waals surface area contributed by atoms with E-state index in [2.05, 4.69) is 18.8 Å². The Balaban J connectivity index is 2.03. The minimum absolute atomic E-state index is 0.129. The van der Waals surface area contributed by atoms with Crippen molar-refractivity contribution in [3.8, 4) is 17.2 Å². The molecule has 0 bridgehead atoms. The van der Waals surface area contributed by atoms with Crippen LogP contribution >= 0.6 is 11.6 Å². The van der Waals surface area contributed by atoms with Crippen molar-refractivity contribution >= 4 is 23.4 Å². The highest BCUT2D eigenvalue weighted by Crippen LogP contribution is 2.30. The average Bonchev–Trinajstić information content (AvgIpc) is 2.74. The Bertz CT molecular complexity index is 948. The van der Waals surface area contributed by atoms with E-state index in [0.717, 1.165) is 0 Å². The maximum absolute atomic E-state index is 12.7. The third-order valence-corrected chi connectivity index (χ3v) is 5.19. The molecule has 3 atom stereocenters. The highest BCUT2D eigenvalue weighted by molar-refractivity contribution is 6.30. The molecule has 180 valence electrons. The number of esters is 1. The number of carbonyl (C=O) groups excluding carboxylic acids is 2. The Morgan fingerprint density at radius 2 is 1.88 bits per heavy atom. The number of aromatic hydroxyl groups is 1. The summed E-state index contributed by atoms with van der Waals surface area (Å²) in [5.74, 6) is -0.988. The van der Waals surface area contributed by atoms with Gasteiger partial charge in [-0.25, -0.2) is 4.98 Å². The molecule has 7 nitrogen and oxygen atoms in total. The Morgan fingerprint density at radius 1 is 1.15 bits per heavy atom.